The van der Waals surface area contributed by atoms with Gasteiger partial charge in [-0.3, -0.25) is 13.9 Å². The van der Waals surface area contributed by atoms with Crippen molar-refractivity contribution in [2.24, 2.45) is 18.6 Å². The smallest absolute Gasteiger partial charge is 0.407 e. The fourth-order valence-corrected chi connectivity index (χ4v) is 6.02. The lowest BCUT2D eigenvalue weighted by Gasteiger charge is -2.15. The first-order chi connectivity index (χ1) is 20.6. The minimum absolute atomic E-state index is 0.00477. The van der Waals surface area contributed by atoms with Crippen LogP contribution in [-0.4, -0.2) is 54.0 Å². The second-order valence-electron chi connectivity index (χ2n) is 10.7. The zero-order valence-corrected chi connectivity index (χ0v) is 22.6. The molecule has 6 rings (SSSR count). The second kappa shape index (κ2) is 9.07. The van der Waals surface area contributed by atoms with Crippen molar-refractivity contribution >= 4 is 45.7 Å². The monoisotopic (exact) mass is 551 g/mol. The number of amides is 2. The molecule has 210 valence electrons. The van der Waals surface area contributed by atoms with Crippen LogP contribution in [0.2, 0.25) is 0 Å². The number of imidazole rings is 1. The normalized spacial score (nSPS) is 27.6. The van der Waals surface area contributed by atoms with Crippen LogP contribution in [0.5, 0.6) is 0 Å². The zero-order valence-electron chi connectivity index (χ0n) is 26.6. The number of aromatic nitrogens is 6. The van der Waals surface area contributed by atoms with Gasteiger partial charge in [-0.2, -0.15) is 5.10 Å². The molecule has 0 saturated heterocycles. The molecule has 2 aliphatic rings. The minimum atomic E-state index is -2.78. The maximum Gasteiger partial charge on any atom is 0.407 e. The van der Waals surface area contributed by atoms with Gasteiger partial charge in [0.15, 0.2) is 5.65 Å². The summed E-state index contributed by atoms with van der Waals surface area (Å²) < 4.78 is 41.0. The summed E-state index contributed by atoms with van der Waals surface area (Å²) in [4.78, 5) is 47.1. The SMILES string of the molecule is [2H]C1(NC(=O)OC)CCC(n2c(=O)n(C([2H])([2H])[2H])c3cnc(Nc4cc(C)c5c(C)nn(C6(C(N)=O)CC6C)c5n4)cc32)C1. The number of carbonyl (C=O) groups is 2. The number of nitrogens with one attached hydrogen (secondary N) is 2. The van der Waals surface area contributed by atoms with Gasteiger partial charge in [0.25, 0.3) is 0 Å². The molecule has 0 spiro atoms. The molecule has 0 radical (unpaired) electrons. The number of carbonyl (C=O) groups excluding carboxylic acids is 2. The van der Waals surface area contributed by atoms with E-state index in [2.05, 4.69) is 25.5 Å². The van der Waals surface area contributed by atoms with Crippen LogP contribution in [0.15, 0.2) is 23.1 Å². The molecule has 0 aromatic carbocycles. The zero-order chi connectivity index (χ0) is 31.9. The Morgan fingerprint density at radius 2 is 2.02 bits per heavy atom. The van der Waals surface area contributed by atoms with Crippen LogP contribution in [0.1, 0.15) is 55.4 Å². The fourth-order valence-electron chi connectivity index (χ4n) is 6.02. The number of alkyl carbamates (subject to hydrolysis) is 1. The summed E-state index contributed by atoms with van der Waals surface area (Å²) in [5, 5.41) is 11.1. The molecule has 4 aromatic heterocycles. The largest absolute Gasteiger partial charge is 0.453 e. The Morgan fingerprint density at radius 3 is 2.70 bits per heavy atom. The topological polar surface area (TPSA) is 164 Å². The average molecular weight is 552 g/mol. The predicted molar refractivity (Wildman–Crippen MR) is 148 cm³/mol. The van der Waals surface area contributed by atoms with E-state index in [9.17, 15) is 14.4 Å². The molecular formula is C27H33N9O4. The molecule has 13 heteroatoms. The summed E-state index contributed by atoms with van der Waals surface area (Å²) in [6.45, 7) is 2.91. The van der Waals surface area contributed by atoms with Crippen molar-refractivity contribution in [3.8, 4) is 0 Å². The van der Waals surface area contributed by atoms with Crippen LogP contribution >= 0.6 is 0 Å². The van der Waals surface area contributed by atoms with E-state index in [1.807, 2.05) is 26.8 Å². The van der Waals surface area contributed by atoms with Gasteiger partial charge in [-0.15, -0.1) is 0 Å². The van der Waals surface area contributed by atoms with Crippen LogP contribution in [-0.2, 0) is 22.0 Å². The number of fused-ring (bicyclic) bond motifs is 2. The summed E-state index contributed by atoms with van der Waals surface area (Å²) in [6.07, 6.45) is 1.75. The van der Waals surface area contributed by atoms with E-state index in [0.717, 1.165) is 16.6 Å². The molecule has 40 heavy (non-hydrogen) atoms. The molecule has 4 heterocycles. The van der Waals surface area contributed by atoms with Crippen molar-refractivity contribution in [1.82, 2.24) is 34.2 Å². The van der Waals surface area contributed by atoms with Crippen molar-refractivity contribution in [2.45, 2.75) is 64.1 Å². The number of nitrogens with two attached hydrogens (primary N) is 1. The van der Waals surface area contributed by atoms with Crippen molar-refractivity contribution in [3.63, 3.8) is 0 Å². The third-order valence-electron chi connectivity index (χ3n) is 8.19. The van der Waals surface area contributed by atoms with Crippen LogP contribution in [0.3, 0.4) is 0 Å². The second-order valence-corrected chi connectivity index (χ2v) is 10.7. The number of aryl methyl sites for hydroxylation is 3. The molecule has 4 aromatic rings. The minimum Gasteiger partial charge on any atom is -0.453 e. The van der Waals surface area contributed by atoms with E-state index in [4.69, 9.17) is 16.2 Å². The standard InChI is InChI=1S/C27H33N9O4/c1-13-8-21(32-23-22(13)15(3)33-36(23)27(24(28)37)11-14(27)2)31-20-10-18-19(12-29-20)34(4)26(39)35(18)17-7-6-16(9-17)30-25(38)40-5/h8,10,12,14,16-17H,6-7,9,11H2,1-5H3,(H2,28,37)(H,30,38)(H,29,31,32)/i4D3,16D. The Hall–Kier alpha value is -4.42. The van der Waals surface area contributed by atoms with E-state index in [0.29, 0.717) is 34.4 Å². The van der Waals surface area contributed by atoms with Crippen LogP contribution in [0, 0.1) is 19.8 Å². The van der Waals surface area contributed by atoms with E-state index in [-0.39, 0.29) is 30.1 Å². The number of rotatable bonds is 6. The third-order valence-corrected chi connectivity index (χ3v) is 8.19. The Kier molecular flexibility index (Phi) is 4.85. The van der Waals surface area contributed by atoms with Crippen molar-refractivity contribution in [3.05, 3.63) is 40.1 Å². The maximum atomic E-state index is 13.6. The Bertz CT molecular complexity index is 1920. The predicted octanol–water partition coefficient (Wildman–Crippen LogP) is 2.51. The highest BCUT2D eigenvalue weighted by Crippen LogP contribution is 2.51. The Morgan fingerprint density at radius 1 is 1.25 bits per heavy atom. The first kappa shape index (κ1) is 21.4. The number of hydrogen-bond acceptors (Lipinski definition) is 8. The van der Waals surface area contributed by atoms with Crippen molar-refractivity contribution in [1.29, 1.82) is 0 Å². The average Bonchev–Trinajstić information content (AvgIpc) is 3.15. The summed E-state index contributed by atoms with van der Waals surface area (Å²) in [5.74, 6) is 0.218. The molecule has 0 aliphatic heterocycles. The van der Waals surface area contributed by atoms with E-state index >= 15 is 0 Å². The lowest BCUT2D eigenvalue weighted by Crippen LogP contribution is -2.36. The molecule has 4 atom stereocenters. The Balaban J connectivity index is 1.43. The summed E-state index contributed by atoms with van der Waals surface area (Å²) in [5.41, 5.74) is 6.56. The number of hydrogen-bond donors (Lipinski definition) is 3. The van der Waals surface area contributed by atoms with Gasteiger partial charge in [0.05, 0.1) is 31.4 Å². The van der Waals surface area contributed by atoms with Gasteiger partial charge in [0.1, 0.15) is 17.2 Å². The molecule has 4 N–H and O–H groups in total. The molecule has 4 unspecified atom stereocenters. The van der Waals surface area contributed by atoms with E-state index < -0.39 is 42.3 Å². The van der Waals surface area contributed by atoms with Gasteiger partial charge in [0.2, 0.25) is 5.91 Å². The van der Waals surface area contributed by atoms with Gasteiger partial charge < -0.3 is 21.1 Å². The summed E-state index contributed by atoms with van der Waals surface area (Å²) in [7, 11) is 1.20. The number of nitrogens with zero attached hydrogens (tertiary/aromatic N) is 6. The molecule has 0 bridgehead atoms. The van der Waals surface area contributed by atoms with E-state index in [1.165, 1.54) is 17.9 Å². The number of pyridine rings is 2. The van der Waals surface area contributed by atoms with Gasteiger partial charge >= 0.3 is 11.8 Å². The summed E-state index contributed by atoms with van der Waals surface area (Å²) >= 11 is 0. The number of ether oxygens (including phenoxy) is 1. The van der Waals surface area contributed by atoms with Crippen molar-refractivity contribution < 1.29 is 19.8 Å². The van der Waals surface area contributed by atoms with Gasteiger partial charge in [-0.05, 0) is 57.1 Å². The Labute approximate surface area is 235 Å². The molecule has 2 amide bonds. The molecular weight excluding hydrogens is 514 g/mol. The first-order valence-electron chi connectivity index (χ1n) is 15.0. The van der Waals surface area contributed by atoms with Gasteiger partial charge in [-0.25, -0.2) is 24.2 Å². The lowest BCUT2D eigenvalue weighted by molar-refractivity contribution is -0.123. The lowest BCUT2D eigenvalue weighted by atomic mass is 10.1. The quantitative estimate of drug-likeness (QED) is 0.329. The van der Waals surface area contributed by atoms with Crippen LogP contribution in [0.25, 0.3) is 22.1 Å². The van der Waals surface area contributed by atoms with Gasteiger partial charge in [0, 0.05) is 34.6 Å². The van der Waals surface area contributed by atoms with Crippen LogP contribution < -0.4 is 22.1 Å². The van der Waals surface area contributed by atoms with E-state index in [1.54, 1.807) is 10.7 Å². The maximum absolute atomic E-state index is 13.6. The first-order valence-corrected chi connectivity index (χ1v) is 13.0. The fraction of sp³-hybridized carbons (Fsp3) is 0.481. The van der Waals surface area contributed by atoms with Crippen LogP contribution in [0.4, 0.5) is 16.4 Å². The highest BCUT2D eigenvalue weighted by molar-refractivity contribution is 5.91. The summed E-state index contributed by atoms with van der Waals surface area (Å²) in [6, 6.07) is 1.41. The number of anilines is 2. The third kappa shape index (κ3) is 3.82. The van der Waals surface area contributed by atoms with Crippen molar-refractivity contribution in [2.75, 3.05) is 12.4 Å². The molecule has 2 aliphatic carbocycles. The molecule has 2 saturated carbocycles. The molecule has 13 nitrogen and oxygen atoms in total. The number of primary amides is 1. The van der Waals surface area contributed by atoms with Gasteiger partial charge in [-0.1, -0.05) is 6.92 Å². The highest BCUT2D eigenvalue weighted by atomic mass is 16.5. The number of methoxy groups -OCH3 is 1. The highest BCUT2D eigenvalue weighted by Gasteiger charge is 2.60. The molecule has 2 fully saturated rings.